The van der Waals surface area contributed by atoms with E-state index in [4.69, 9.17) is 0 Å². The first-order chi connectivity index (χ1) is 14.6. The van der Waals surface area contributed by atoms with Gasteiger partial charge in [-0.15, -0.1) is 11.3 Å². The van der Waals surface area contributed by atoms with Gasteiger partial charge in [0.05, 0.1) is 5.69 Å². The van der Waals surface area contributed by atoms with Crippen molar-refractivity contribution in [3.05, 3.63) is 99.5 Å². The first-order valence-electron chi connectivity index (χ1n) is 9.88. The molecular formula is C24H22FN3OS. The molecule has 1 atom stereocenters. The minimum absolute atomic E-state index is 0.115. The summed E-state index contributed by atoms with van der Waals surface area (Å²) in [6.45, 7) is 2.30. The van der Waals surface area contributed by atoms with Gasteiger partial charge in [0.2, 0.25) is 0 Å². The van der Waals surface area contributed by atoms with Crippen LogP contribution >= 0.6 is 11.3 Å². The SMILES string of the molecule is Cc1nc(C2=CC(CCc3ccc(F)cc3)C=C2)sc1C(=O)NCc1cccnc1. The largest absolute Gasteiger partial charge is 0.347 e. The molecule has 1 unspecified atom stereocenters. The van der Waals surface area contributed by atoms with Gasteiger partial charge in [0.25, 0.3) is 5.91 Å². The van der Waals surface area contributed by atoms with E-state index in [1.54, 1.807) is 12.4 Å². The number of rotatable bonds is 7. The van der Waals surface area contributed by atoms with E-state index in [9.17, 15) is 9.18 Å². The van der Waals surface area contributed by atoms with Crippen molar-refractivity contribution in [2.45, 2.75) is 26.3 Å². The van der Waals surface area contributed by atoms with Crippen molar-refractivity contribution in [1.29, 1.82) is 0 Å². The van der Waals surface area contributed by atoms with Gasteiger partial charge < -0.3 is 5.32 Å². The maximum absolute atomic E-state index is 13.0. The Kier molecular flexibility index (Phi) is 6.14. The van der Waals surface area contributed by atoms with Gasteiger partial charge in [-0.3, -0.25) is 9.78 Å². The maximum Gasteiger partial charge on any atom is 0.263 e. The number of aryl methyl sites for hydroxylation is 2. The molecule has 0 fully saturated rings. The number of benzene rings is 1. The summed E-state index contributed by atoms with van der Waals surface area (Å²) in [5.74, 6) is -0.00577. The van der Waals surface area contributed by atoms with E-state index in [0.29, 0.717) is 17.3 Å². The number of carbonyl (C=O) groups excluding carboxylic acids is 1. The minimum Gasteiger partial charge on any atom is -0.347 e. The summed E-state index contributed by atoms with van der Waals surface area (Å²) in [5, 5.41) is 3.80. The molecular weight excluding hydrogens is 397 g/mol. The van der Waals surface area contributed by atoms with Crippen LogP contribution in [-0.4, -0.2) is 15.9 Å². The summed E-state index contributed by atoms with van der Waals surface area (Å²) >= 11 is 1.42. The topological polar surface area (TPSA) is 54.9 Å². The normalized spacial score (nSPS) is 15.3. The van der Waals surface area contributed by atoms with Crippen LogP contribution in [-0.2, 0) is 13.0 Å². The monoisotopic (exact) mass is 419 g/mol. The van der Waals surface area contributed by atoms with Crippen LogP contribution in [0.3, 0.4) is 0 Å². The molecule has 152 valence electrons. The van der Waals surface area contributed by atoms with E-state index >= 15 is 0 Å². The third kappa shape index (κ3) is 4.89. The molecule has 2 heterocycles. The number of nitrogens with one attached hydrogen (secondary N) is 1. The number of hydrogen-bond acceptors (Lipinski definition) is 4. The first kappa shape index (κ1) is 20.2. The van der Waals surface area contributed by atoms with Crippen LogP contribution < -0.4 is 5.32 Å². The molecule has 0 saturated heterocycles. The summed E-state index contributed by atoms with van der Waals surface area (Å²) < 4.78 is 13.0. The summed E-state index contributed by atoms with van der Waals surface area (Å²) in [6.07, 6.45) is 11.7. The van der Waals surface area contributed by atoms with E-state index in [0.717, 1.165) is 40.2 Å². The zero-order valence-electron chi connectivity index (χ0n) is 16.6. The number of pyridine rings is 1. The highest BCUT2D eigenvalue weighted by Gasteiger charge is 2.19. The smallest absolute Gasteiger partial charge is 0.263 e. The molecule has 0 bridgehead atoms. The number of amides is 1. The van der Waals surface area contributed by atoms with Crippen LogP contribution in [0.2, 0.25) is 0 Å². The lowest BCUT2D eigenvalue weighted by Crippen LogP contribution is -2.22. The van der Waals surface area contributed by atoms with E-state index < -0.39 is 0 Å². The second-order valence-electron chi connectivity index (χ2n) is 7.29. The van der Waals surface area contributed by atoms with Gasteiger partial charge in [-0.25, -0.2) is 9.37 Å². The number of carbonyl (C=O) groups is 1. The first-order valence-corrected chi connectivity index (χ1v) is 10.7. The van der Waals surface area contributed by atoms with Gasteiger partial charge in [0, 0.05) is 24.5 Å². The van der Waals surface area contributed by atoms with E-state index in [-0.39, 0.29) is 11.7 Å². The molecule has 3 aromatic rings. The number of allylic oxidation sites excluding steroid dienone is 4. The number of thiazole rings is 1. The minimum atomic E-state index is -0.207. The summed E-state index contributed by atoms with van der Waals surface area (Å²) in [5.41, 5.74) is 3.88. The molecule has 1 amide bonds. The van der Waals surface area contributed by atoms with Crippen LogP contribution in [0, 0.1) is 18.7 Å². The van der Waals surface area contributed by atoms with Crippen molar-refractivity contribution in [2.24, 2.45) is 5.92 Å². The Hall–Kier alpha value is -3.12. The average molecular weight is 420 g/mol. The highest BCUT2D eigenvalue weighted by Crippen LogP contribution is 2.31. The van der Waals surface area contributed by atoms with Crippen molar-refractivity contribution in [3.8, 4) is 0 Å². The maximum atomic E-state index is 13.0. The van der Waals surface area contributed by atoms with Gasteiger partial charge in [-0.1, -0.05) is 36.4 Å². The van der Waals surface area contributed by atoms with Crippen LogP contribution in [0.25, 0.3) is 5.57 Å². The number of nitrogens with zero attached hydrogens (tertiary/aromatic N) is 2. The summed E-state index contributed by atoms with van der Waals surface area (Å²) in [7, 11) is 0. The van der Waals surface area contributed by atoms with Crippen LogP contribution in [0.1, 0.15) is 37.9 Å². The zero-order valence-corrected chi connectivity index (χ0v) is 17.5. The third-order valence-corrected chi connectivity index (χ3v) is 6.23. The Morgan fingerprint density at radius 1 is 1.20 bits per heavy atom. The Morgan fingerprint density at radius 2 is 2.03 bits per heavy atom. The summed E-state index contributed by atoms with van der Waals surface area (Å²) in [4.78, 5) is 21.9. The van der Waals surface area contributed by atoms with Crippen LogP contribution in [0.15, 0.2) is 67.0 Å². The Balaban J connectivity index is 1.37. The van der Waals surface area contributed by atoms with Gasteiger partial charge in [0.1, 0.15) is 15.7 Å². The molecule has 0 radical (unpaired) electrons. The van der Waals surface area contributed by atoms with Gasteiger partial charge in [-0.2, -0.15) is 0 Å². The molecule has 1 N–H and O–H groups in total. The van der Waals surface area contributed by atoms with Crippen LogP contribution in [0.5, 0.6) is 0 Å². The number of hydrogen-bond donors (Lipinski definition) is 1. The molecule has 4 nitrogen and oxygen atoms in total. The second kappa shape index (κ2) is 9.13. The van der Waals surface area contributed by atoms with Crippen LogP contribution in [0.4, 0.5) is 4.39 Å². The van der Waals surface area contributed by atoms with Crippen molar-refractivity contribution >= 4 is 22.8 Å². The molecule has 1 aromatic carbocycles. The van der Waals surface area contributed by atoms with Crippen molar-refractivity contribution in [3.63, 3.8) is 0 Å². The van der Waals surface area contributed by atoms with Gasteiger partial charge >= 0.3 is 0 Å². The number of aromatic nitrogens is 2. The lowest BCUT2D eigenvalue weighted by Gasteiger charge is -2.05. The molecule has 2 aromatic heterocycles. The number of halogens is 1. The highest BCUT2D eigenvalue weighted by molar-refractivity contribution is 7.14. The molecule has 6 heteroatoms. The third-order valence-electron chi connectivity index (χ3n) is 5.02. The van der Waals surface area contributed by atoms with E-state index in [1.807, 2.05) is 31.2 Å². The molecule has 4 rings (SSSR count). The fourth-order valence-electron chi connectivity index (χ4n) is 3.37. The Labute approximate surface area is 179 Å². The zero-order chi connectivity index (χ0) is 20.9. The average Bonchev–Trinajstić information content (AvgIpc) is 3.39. The summed E-state index contributed by atoms with van der Waals surface area (Å²) in [6, 6.07) is 10.4. The quantitative estimate of drug-likeness (QED) is 0.578. The Morgan fingerprint density at radius 3 is 2.80 bits per heavy atom. The predicted molar refractivity (Wildman–Crippen MR) is 118 cm³/mol. The molecule has 1 aliphatic carbocycles. The predicted octanol–water partition coefficient (Wildman–Crippen LogP) is 5.12. The van der Waals surface area contributed by atoms with Crippen molar-refractivity contribution in [1.82, 2.24) is 15.3 Å². The second-order valence-corrected chi connectivity index (χ2v) is 8.29. The Bertz CT molecular complexity index is 1090. The van der Waals surface area contributed by atoms with Gasteiger partial charge in [0.15, 0.2) is 0 Å². The molecule has 1 aliphatic rings. The fourth-order valence-corrected chi connectivity index (χ4v) is 4.36. The molecule has 30 heavy (non-hydrogen) atoms. The molecule has 0 spiro atoms. The van der Waals surface area contributed by atoms with E-state index in [1.165, 1.54) is 23.5 Å². The van der Waals surface area contributed by atoms with Crippen molar-refractivity contribution in [2.75, 3.05) is 0 Å². The van der Waals surface area contributed by atoms with Crippen molar-refractivity contribution < 1.29 is 9.18 Å². The molecule has 0 saturated carbocycles. The van der Waals surface area contributed by atoms with Gasteiger partial charge in [-0.05, 0) is 55.0 Å². The standard InChI is InChI=1S/C24H22FN3OS/c1-16-22(23(29)27-15-19-3-2-12-26-14-19)30-24(28-16)20-9-6-18(13-20)5-4-17-7-10-21(25)11-8-17/h2-3,6-14,18H,4-5,15H2,1H3,(H,27,29). The lowest BCUT2D eigenvalue weighted by molar-refractivity contribution is 0.0954. The molecule has 0 aliphatic heterocycles. The fraction of sp³-hybridized carbons (Fsp3) is 0.208. The lowest BCUT2D eigenvalue weighted by atomic mass is 10.0. The van der Waals surface area contributed by atoms with E-state index in [2.05, 4.69) is 33.5 Å². The highest BCUT2D eigenvalue weighted by atomic mass is 32.1.